The van der Waals surface area contributed by atoms with E-state index in [-0.39, 0.29) is 6.04 Å². The normalized spacial score (nSPS) is 17.8. The Labute approximate surface area is 118 Å². The van der Waals surface area contributed by atoms with Crippen LogP contribution in [0.5, 0.6) is 5.75 Å². The lowest BCUT2D eigenvalue weighted by molar-refractivity contribution is 0.261. The highest BCUT2D eigenvalue weighted by atomic mass is 35.5. The Hall–Kier alpha value is -1.51. The number of benzene rings is 2. The zero-order chi connectivity index (χ0) is 13.1. The van der Waals surface area contributed by atoms with Gasteiger partial charge in [0.05, 0.1) is 6.04 Å². The van der Waals surface area contributed by atoms with Crippen molar-refractivity contribution < 1.29 is 4.74 Å². The summed E-state index contributed by atoms with van der Waals surface area (Å²) in [7, 11) is 0. The van der Waals surface area contributed by atoms with Crippen LogP contribution in [0.1, 0.15) is 17.2 Å². The summed E-state index contributed by atoms with van der Waals surface area (Å²) in [5.41, 5.74) is 2.77. The molecule has 1 heterocycles. The molecule has 19 heavy (non-hydrogen) atoms. The maximum absolute atomic E-state index is 5.86. The lowest BCUT2D eigenvalue weighted by atomic mass is 9.95. The van der Waals surface area contributed by atoms with Gasteiger partial charge in [0.1, 0.15) is 12.4 Å². The van der Waals surface area contributed by atoms with Gasteiger partial charge in [-0.2, -0.15) is 0 Å². The summed E-state index contributed by atoms with van der Waals surface area (Å²) in [6.45, 7) is 1.64. The Morgan fingerprint density at radius 3 is 2.74 bits per heavy atom. The summed E-state index contributed by atoms with van der Waals surface area (Å²) < 4.78 is 5.84. The molecule has 3 rings (SSSR count). The molecule has 2 aromatic carbocycles. The van der Waals surface area contributed by atoms with Crippen LogP contribution in [0.15, 0.2) is 48.5 Å². The summed E-state index contributed by atoms with van der Waals surface area (Å²) in [6, 6.07) is 16.3. The van der Waals surface area contributed by atoms with Crippen molar-refractivity contribution in [2.75, 3.05) is 13.2 Å². The molecule has 0 bridgehead atoms. The molecular weight excluding hydrogens is 258 g/mol. The predicted molar refractivity (Wildman–Crippen MR) is 77.8 cm³/mol. The van der Waals surface area contributed by atoms with E-state index < -0.39 is 0 Å². The second-order valence-electron chi connectivity index (χ2n) is 4.72. The van der Waals surface area contributed by atoms with E-state index in [1.807, 2.05) is 24.3 Å². The molecule has 2 nitrogen and oxygen atoms in total. The minimum Gasteiger partial charge on any atom is -0.492 e. The van der Waals surface area contributed by atoms with Crippen molar-refractivity contribution >= 4 is 11.6 Å². The molecule has 3 heteroatoms. The highest BCUT2D eigenvalue weighted by Crippen LogP contribution is 2.24. The molecule has 1 atom stereocenters. The Morgan fingerprint density at radius 1 is 1.11 bits per heavy atom. The van der Waals surface area contributed by atoms with E-state index >= 15 is 0 Å². The molecule has 0 saturated carbocycles. The van der Waals surface area contributed by atoms with Crippen LogP contribution >= 0.6 is 11.6 Å². The summed E-state index contributed by atoms with van der Waals surface area (Å²) in [5.74, 6) is 0.856. The van der Waals surface area contributed by atoms with Crippen molar-refractivity contribution in [2.45, 2.75) is 12.5 Å². The number of ether oxygens (including phenoxy) is 1. The van der Waals surface area contributed by atoms with Crippen LogP contribution in [0.3, 0.4) is 0 Å². The number of fused-ring (bicyclic) bond motifs is 1. The average Bonchev–Trinajstić information content (AvgIpc) is 2.47. The van der Waals surface area contributed by atoms with Gasteiger partial charge in [0, 0.05) is 5.02 Å². The van der Waals surface area contributed by atoms with Gasteiger partial charge in [-0.3, -0.25) is 0 Å². The van der Waals surface area contributed by atoms with Crippen molar-refractivity contribution in [3.05, 3.63) is 64.7 Å². The molecule has 1 unspecified atom stereocenters. The average molecular weight is 274 g/mol. The number of hydrogen-bond donors (Lipinski definition) is 1. The van der Waals surface area contributed by atoms with Gasteiger partial charge in [-0.15, -0.1) is 0 Å². The first-order valence-electron chi connectivity index (χ1n) is 6.52. The zero-order valence-electron chi connectivity index (χ0n) is 10.6. The molecule has 0 fully saturated rings. The highest BCUT2D eigenvalue weighted by molar-refractivity contribution is 6.30. The van der Waals surface area contributed by atoms with Gasteiger partial charge in [0.2, 0.25) is 0 Å². The van der Waals surface area contributed by atoms with Crippen molar-refractivity contribution in [1.29, 1.82) is 0 Å². The molecule has 0 aliphatic carbocycles. The Kier molecular flexibility index (Phi) is 3.72. The van der Waals surface area contributed by atoms with E-state index in [9.17, 15) is 0 Å². The van der Waals surface area contributed by atoms with Crippen LogP contribution in [-0.2, 0) is 6.42 Å². The third kappa shape index (κ3) is 2.91. The first-order chi connectivity index (χ1) is 9.33. The van der Waals surface area contributed by atoms with E-state index in [0.29, 0.717) is 6.61 Å². The molecule has 98 valence electrons. The Balaban J connectivity index is 1.69. The van der Waals surface area contributed by atoms with Crippen LogP contribution < -0.4 is 10.1 Å². The molecular formula is C16H16ClNO. The summed E-state index contributed by atoms with van der Waals surface area (Å²) in [5, 5.41) is 4.24. The van der Waals surface area contributed by atoms with Gasteiger partial charge in [0.25, 0.3) is 0 Å². The topological polar surface area (TPSA) is 21.3 Å². The van der Waals surface area contributed by atoms with E-state index in [2.05, 4.69) is 29.6 Å². The quantitative estimate of drug-likeness (QED) is 0.922. The first kappa shape index (κ1) is 12.5. The monoisotopic (exact) mass is 273 g/mol. The number of rotatable bonds is 3. The number of halogens is 1. The third-order valence-electron chi connectivity index (χ3n) is 3.45. The standard InChI is InChI=1S/C16H16ClNO/c17-13-5-7-14(8-6-13)19-11-16-15-4-2-1-3-12(15)9-10-18-16/h1-8,16,18H,9-11H2. The summed E-state index contributed by atoms with van der Waals surface area (Å²) in [4.78, 5) is 0. The third-order valence-corrected chi connectivity index (χ3v) is 3.70. The smallest absolute Gasteiger partial charge is 0.119 e. The van der Waals surface area contributed by atoms with Crippen molar-refractivity contribution in [1.82, 2.24) is 5.32 Å². The number of hydrogen-bond acceptors (Lipinski definition) is 2. The maximum atomic E-state index is 5.86. The molecule has 0 saturated heterocycles. The Morgan fingerprint density at radius 2 is 1.89 bits per heavy atom. The molecule has 0 amide bonds. The van der Waals surface area contributed by atoms with Crippen LogP contribution in [0.25, 0.3) is 0 Å². The lowest BCUT2D eigenvalue weighted by Crippen LogP contribution is -2.33. The molecule has 0 radical (unpaired) electrons. The fourth-order valence-corrected chi connectivity index (χ4v) is 2.58. The molecule has 2 aromatic rings. The highest BCUT2D eigenvalue weighted by Gasteiger charge is 2.19. The molecule has 1 N–H and O–H groups in total. The van der Waals surface area contributed by atoms with Gasteiger partial charge in [-0.25, -0.2) is 0 Å². The van der Waals surface area contributed by atoms with E-state index in [1.54, 1.807) is 0 Å². The van der Waals surface area contributed by atoms with Gasteiger partial charge in [-0.05, 0) is 48.4 Å². The van der Waals surface area contributed by atoms with Gasteiger partial charge in [0.15, 0.2) is 0 Å². The SMILES string of the molecule is Clc1ccc(OCC2NCCc3ccccc32)cc1. The fourth-order valence-electron chi connectivity index (χ4n) is 2.45. The van der Waals surface area contributed by atoms with Gasteiger partial charge < -0.3 is 10.1 Å². The van der Waals surface area contributed by atoms with Crippen LogP contribution in [0.2, 0.25) is 5.02 Å². The lowest BCUT2D eigenvalue weighted by Gasteiger charge is -2.26. The maximum Gasteiger partial charge on any atom is 0.119 e. The molecule has 0 spiro atoms. The largest absolute Gasteiger partial charge is 0.492 e. The minimum atomic E-state index is 0.264. The molecule has 0 aromatic heterocycles. The Bertz CT molecular complexity index is 553. The van der Waals surface area contributed by atoms with Crippen LogP contribution in [-0.4, -0.2) is 13.2 Å². The van der Waals surface area contributed by atoms with Crippen molar-refractivity contribution in [3.63, 3.8) is 0 Å². The molecule has 1 aliphatic rings. The van der Waals surface area contributed by atoms with E-state index in [4.69, 9.17) is 16.3 Å². The van der Waals surface area contributed by atoms with Crippen LogP contribution in [0, 0.1) is 0 Å². The number of nitrogens with one attached hydrogen (secondary N) is 1. The van der Waals surface area contributed by atoms with E-state index in [1.165, 1.54) is 11.1 Å². The first-order valence-corrected chi connectivity index (χ1v) is 6.90. The molecule has 1 aliphatic heterocycles. The van der Waals surface area contributed by atoms with E-state index in [0.717, 1.165) is 23.7 Å². The van der Waals surface area contributed by atoms with Crippen molar-refractivity contribution in [2.24, 2.45) is 0 Å². The fraction of sp³-hybridized carbons (Fsp3) is 0.250. The van der Waals surface area contributed by atoms with Gasteiger partial charge in [-0.1, -0.05) is 35.9 Å². The van der Waals surface area contributed by atoms with Crippen LogP contribution in [0.4, 0.5) is 0 Å². The summed E-state index contributed by atoms with van der Waals surface area (Å²) in [6.07, 6.45) is 1.09. The second kappa shape index (κ2) is 5.64. The zero-order valence-corrected chi connectivity index (χ0v) is 11.4. The second-order valence-corrected chi connectivity index (χ2v) is 5.16. The summed E-state index contributed by atoms with van der Waals surface area (Å²) >= 11 is 5.86. The van der Waals surface area contributed by atoms with Gasteiger partial charge >= 0.3 is 0 Å². The minimum absolute atomic E-state index is 0.264. The van der Waals surface area contributed by atoms with Crippen molar-refractivity contribution in [3.8, 4) is 5.75 Å². The predicted octanol–water partition coefficient (Wildman–Crippen LogP) is 3.61.